The molecule has 0 nitrogen and oxygen atoms in total. The van der Waals surface area contributed by atoms with Crippen LogP contribution >= 0.6 is 23.2 Å². The zero-order valence-electron chi connectivity index (χ0n) is 7.68. The second-order valence-corrected chi connectivity index (χ2v) is 6.13. The SMILES string of the molecule is Cl[C@@H]1[C@H](Cl)[C@@H]2[C@H]3C=C[C@@H]([C@@H]4C=C[C@H]43)[C@@H]12. The summed E-state index contributed by atoms with van der Waals surface area (Å²) < 4.78 is 0. The van der Waals surface area contributed by atoms with E-state index in [0.717, 1.165) is 11.8 Å². The highest BCUT2D eigenvalue weighted by atomic mass is 35.5. The summed E-state index contributed by atoms with van der Waals surface area (Å²) in [6.45, 7) is 0. The third kappa shape index (κ3) is 0.695. The van der Waals surface area contributed by atoms with E-state index in [9.17, 15) is 0 Å². The minimum atomic E-state index is 0.217. The van der Waals surface area contributed by atoms with Gasteiger partial charge in [-0.15, -0.1) is 23.2 Å². The Labute approximate surface area is 94.0 Å². The van der Waals surface area contributed by atoms with Crippen molar-refractivity contribution in [2.24, 2.45) is 35.5 Å². The Morgan fingerprint density at radius 2 is 0.929 bits per heavy atom. The van der Waals surface area contributed by atoms with Gasteiger partial charge in [0.2, 0.25) is 0 Å². The van der Waals surface area contributed by atoms with E-state index >= 15 is 0 Å². The molecule has 2 bridgehead atoms. The van der Waals surface area contributed by atoms with Gasteiger partial charge in [-0.3, -0.25) is 0 Å². The van der Waals surface area contributed by atoms with Crippen molar-refractivity contribution in [2.45, 2.75) is 10.8 Å². The lowest BCUT2D eigenvalue weighted by Gasteiger charge is -2.64. The first-order valence-electron chi connectivity index (χ1n) is 5.44. The lowest BCUT2D eigenvalue weighted by molar-refractivity contribution is -0.0256. The molecule has 0 aliphatic heterocycles. The number of halogens is 2. The topological polar surface area (TPSA) is 0 Å². The van der Waals surface area contributed by atoms with E-state index in [1.54, 1.807) is 0 Å². The van der Waals surface area contributed by atoms with Crippen LogP contribution < -0.4 is 0 Å². The molecule has 5 aliphatic carbocycles. The summed E-state index contributed by atoms with van der Waals surface area (Å²) in [5.41, 5.74) is 0. The summed E-state index contributed by atoms with van der Waals surface area (Å²) in [5, 5.41) is 0.433. The molecule has 8 atom stereocenters. The molecule has 5 rings (SSSR count). The van der Waals surface area contributed by atoms with Crippen LogP contribution in [-0.2, 0) is 0 Å². The van der Waals surface area contributed by atoms with E-state index in [1.807, 2.05) is 0 Å². The molecule has 2 fully saturated rings. The van der Waals surface area contributed by atoms with Crippen LogP contribution in [0.25, 0.3) is 0 Å². The lowest BCUT2D eigenvalue weighted by atomic mass is 9.44. The average molecular weight is 227 g/mol. The van der Waals surface area contributed by atoms with Gasteiger partial charge in [-0.25, -0.2) is 0 Å². The van der Waals surface area contributed by atoms with E-state index in [4.69, 9.17) is 23.2 Å². The molecule has 5 aliphatic rings. The van der Waals surface area contributed by atoms with E-state index in [2.05, 4.69) is 24.3 Å². The van der Waals surface area contributed by atoms with E-state index < -0.39 is 0 Å². The van der Waals surface area contributed by atoms with Crippen LogP contribution in [0.15, 0.2) is 24.3 Å². The molecule has 2 saturated carbocycles. The zero-order chi connectivity index (χ0) is 9.45. The maximum Gasteiger partial charge on any atom is 0.0540 e. The highest BCUT2D eigenvalue weighted by Gasteiger charge is 2.63. The second-order valence-electron chi connectivity index (χ2n) is 5.12. The summed E-state index contributed by atoms with van der Waals surface area (Å²) in [6.07, 6.45) is 9.53. The van der Waals surface area contributed by atoms with Crippen molar-refractivity contribution < 1.29 is 0 Å². The largest absolute Gasteiger partial charge is 0.121 e. The van der Waals surface area contributed by atoms with Crippen LogP contribution in [0.5, 0.6) is 0 Å². The van der Waals surface area contributed by atoms with Crippen LogP contribution in [0.1, 0.15) is 0 Å². The van der Waals surface area contributed by atoms with Gasteiger partial charge in [0.05, 0.1) is 10.8 Å². The van der Waals surface area contributed by atoms with Crippen molar-refractivity contribution in [3.63, 3.8) is 0 Å². The van der Waals surface area contributed by atoms with Crippen molar-refractivity contribution in [3.8, 4) is 0 Å². The molecule has 74 valence electrons. The van der Waals surface area contributed by atoms with Crippen LogP contribution in [0, 0.1) is 35.5 Å². The van der Waals surface area contributed by atoms with Crippen LogP contribution in [0.2, 0.25) is 0 Å². The normalized spacial score (nSPS) is 66.7. The predicted molar refractivity (Wildman–Crippen MR) is 58.5 cm³/mol. The zero-order valence-corrected chi connectivity index (χ0v) is 9.20. The molecule has 0 aromatic rings. The van der Waals surface area contributed by atoms with Crippen LogP contribution in [-0.4, -0.2) is 10.8 Å². The quantitative estimate of drug-likeness (QED) is 0.440. The van der Waals surface area contributed by atoms with Gasteiger partial charge in [0.15, 0.2) is 0 Å². The van der Waals surface area contributed by atoms with Gasteiger partial charge in [0, 0.05) is 0 Å². The third-order valence-electron chi connectivity index (χ3n) is 4.82. The summed E-state index contributed by atoms with van der Waals surface area (Å²) in [7, 11) is 0. The fourth-order valence-electron chi connectivity index (χ4n) is 4.06. The molecular formula is C12H12Cl2. The van der Waals surface area contributed by atoms with E-state index in [0.29, 0.717) is 23.7 Å². The first kappa shape index (κ1) is 8.24. The standard InChI is InChI=1S/C12H12Cl2/c13-11-9-7-3-4-8(10(9)12(11)14)6-2-1-5(6)7/h1-12H/t5-,6-,7+,8+,9-,10-,11-,12+/m1/s1. The molecule has 0 amide bonds. The van der Waals surface area contributed by atoms with Gasteiger partial charge in [-0.1, -0.05) is 24.3 Å². The van der Waals surface area contributed by atoms with Gasteiger partial charge in [-0.05, 0) is 35.5 Å². The van der Waals surface area contributed by atoms with Crippen molar-refractivity contribution in [2.75, 3.05) is 0 Å². The fourth-order valence-corrected chi connectivity index (χ4v) is 5.07. The number of allylic oxidation sites excluding steroid dienone is 4. The van der Waals surface area contributed by atoms with Crippen LogP contribution in [0.4, 0.5) is 0 Å². The van der Waals surface area contributed by atoms with E-state index in [1.165, 1.54) is 0 Å². The van der Waals surface area contributed by atoms with Gasteiger partial charge in [0.1, 0.15) is 0 Å². The Kier molecular flexibility index (Phi) is 1.42. The first-order chi connectivity index (χ1) is 6.79. The molecule has 0 heterocycles. The van der Waals surface area contributed by atoms with Gasteiger partial charge < -0.3 is 0 Å². The Hall–Kier alpha value is 0.0600. The highest BCUT2D eigenvalue weighted by Crippen LogP contribution is 2.64. The first-order valence-corrected chi connectivity index (χ1v) is 6.31. The second kappa shape index (κ2) is 2.41. The number of hydrogen-bond donors (Lipinski definition) is 0. The van der Waals surface area contributed by atoms with Crippen molar-refractivity contribution in [3.05, 3.63) is 24.3 Å². The molecule has 0 spiro atoms. The van der Waals surface area contributed by atoms with Gasteiger partial charge >= 0.3 is 0 Å². The average Bonchev–Trinajstić information content (AvgIpc) is 2.15. The fraction of sp³-hybridized carbons (Fsp3) is 0.667. The van der Waals surface area contributed by atoms with Gasteiger partial charge in [0.25, 0.3) is 0 Å². The van der Waals surface area contributed by atoms with E-state index in [-0.39, 0.29) is 10.8 Å². The molecule has 0 saturated heterocycles. The third-order valence-corrected chi connectivity index (χ3v) is 6.07. The minimum absolute atomic E-state index is 0.217. The lowest BCUT2D eigenvalue weighted by Crippen LogP contribution is -2.64. The number of alkyl halides is 2. The van der Waals surface area contributed by atoms with Gasteiger partial charge in [-0.2, -0.15) is 0 Å². The summed E-state index contributed by atoms with van der Waals surface area (Å²) in [5.74, 6) is 4.30. The Bertz CT molecular complexity index is 314. The Morgan fingerprint density at radius 3 is 1.29 bits per heavy atom. The Morgan fingerprint density at radius 1 is 0.571 bits per heavy atom. The predicted octanol–water partition coefficient (Wildman–Crippen LogP) is 3.07. The molecule has 0 radical (unpaired) electrons. The minimum Gasteiger partial charge on any atom is -0.121 e. The van der Waals surface area contributed by atoms with Crippen molar-refractivity contribution in [1.29, 1.82) is 0 Å². The number of hydrogen-bond acceptors (Lipinski definition) is 0. The summed E-state index contributed by atoms with van der Waals surface area (Å²) in [4.78, 5) is 0. The Balaban J connectivity index is 1.80. The molecule has 2 heteroatoms. The number of rotatable bonds is 0. The molecule has 0 unspecified atom stereocenters. The molecule has 14 heavy (non-hydrogen) atoms. The maximum atomic E-state index is 6.31. The van der Waals surface area contributed by atoms with Crippen molar-refractivity contribution >= 4 is 23.2 Å². The van der Waals surface area contributed by atoms with Crippen LogP contribution in [0.3, 0.4) is 0 Å². The smallest absolute Gasteiger partial charge is 0.0540 e. The van der Waals surface area contributed by atoms with Crippen molar-refractivity contribution in [1.82, 2.24) is 0 Å². The molecular weight excluding hydrogens is 215 g/mol. The molecule has 0 aromatic carbocycles. The molecule has 0 aromatic heterocycles. The maximum absolute atomic E-state index is 6.31. The summed E-state index contributed by atoms with van der Waals surface area (Å²) >= 11 is 12.6. The molecule has 0 N–H and O–H groups in total. The highest BCUT2D eigenvalue weighted by molar-refractivity contribution is 6.31. The summed E-state index contributed by atoms with van der Waals surface area (Å²) in [6, 6.07) is 0. The monoisotopic (exact) mass is 226 g/mol.